The number of fused-ring (bicyclic) bond motifs is 1. The molecule has 1 aliphatic heterocycles. The quantitative estimate of drug-likeness (QED) is 0.590. The van der Waals surface area contributed by atoms with E-state index in [1.54, 1.807) is 27.7 Å². The smallest absolute Gasteiger partial charge is 0.410 e. The Bertz CT molecular complexity index is 910. The first-order valence-corrected chi connectivity index (χ1v) is 9.84. The number of hydrogen-bond donors (Lipinski definition) is 0. The Hall–Kier alpha value is -2.70. The summed E-state index contributed by atoms with van der Waals surface area (Å²) in [5, 5.41) is 0. The predicted octanol–water partition coefficient (Wildman–Crippen LogP) is 6.20. The zero-order valence-electron chi connectivity index (χ0n) is 17.5. The number of carbonyl (C=O) groups is 1. The van der Waals surface area contributed by atoms with Gasteiger partial charge >= 0.3 is 6.09 Å². The third-order valence-electron chi connectivity index (χ3n) is 4.86. The first-order valence-electron chi connectivity index (χ1n) is 9.84. The van der Waals surface area contributed by atoms with Gasteiger partial charge in [-0.1, -0.05) is 37.3 Å². The van der Waals surface area contributed by atoms with Gasteiger partial charge in [-0.2, -0.15) is 0 Å². The molecule has 1 aliphatic rings. The van der Waals surface area contributed by atoms with E-state index in [0.717, 1.165) is 11.6 Å². The van der Waals surface area contributed by atoms with Crippen LogP contribution in [0.15, 0.2) is 36.4 Å². The molecule has 0 fully saturated rings. The number of benzene rings is 2. The predicted molar refractivity (Wildman–Crippen MR) is 107 cm³/mol. The second-order valence-electron chi connectivity index (χ2n) is 8.51. The maximum Gasteiger partial charge on any atom is 0.410 e. The number of nitrogens with zero attached hydrogens (tertiary/aromatic N) is 1. The maximum absolute atomic E-state index is 14.9. The molecule has 2 aromatic rings. The molecule has 1 unspecified atom stereocenters. The molecule has 30 heavy (non-hydrogen) atoms. The minimum absolute atomic E-state index is 0.0269. The van der Waals surface area contributed by atoms with Crippen molar-refractivity contribution in [2.45, 2.75) is 58.8 Å². The standard InChI is InChI=1S/C23H26F3NO3/c1-14-11-27(22(28)30-23(2,3)4)12-17-18(29-13-15-8-6-5-7-9-15)10-16(21(25)26)20(24)19(14)17/h5-10,14,21H,11-13H2,1-4H3. The van der Waals surface area contributed by atoms with Gasteiger partial charge in [0.2, 0.25) is 0 Å². The van der Waals surface area contributed by atoms with E-state index in [0.29, 0.717) is 5.56 Å². The number of hydrogen-bond acceptors (Lipinski definition) is 3. The fourth-order valence-electron chi connectivity index (χ4n) is 3.56. The van der Waals surface area contributed by atoms with E-state index in [2.05, 4.69) is 0 Å². The Morgan fingerprint density at radius 2 is 1.90 bits per heavy atom. The molecule has 0 radical (unpaired) electrons. The van der Waals surface area contributed by atoms with E-state index in [4.69, 9.17) is 9.47 Å². The SMILES string of the molecule is CC1CN(C(=O)OC(C)(C)C)Cc2c(OCc3ccccc3)cc(C(F)F)c(F)c21. The lowest BCUT2D eigenvalue weighted by atomic mass is 9.88. The Labute approximate surface area is 174 Å². The van der Waals surface area contributed by atoms with Crippen molar-refractivity contribution in [1.82, 2.24) is 4.90 Å². The minimum Gasteiger partial charge on any atom is -0.489 e. The van der Waals surface area contributed by atoms with E-state index in [9.17, 15) is 18.0 Å². The van der Waals surface area contributed by atoms with Crippen molar-refractivity contribution in [2.75, 3.05) is 6.54 Å². The van der Waals surface area contributed by atoms with Gasteiger partial charge in [-0.05, 0) is 32.4 Å². The molecule has 1 amide bonds. The lowest BCUT2D eigenvalue weighted by Gasteiger charge is -2.35. The fourth-order valence-corrected chi connectivity index (χ4v) is 3.56. The van der Waals surface area contributed by atoms with E-state index >= 15 is 0 Å². The summed E-state index contributed by atoms with van der Waals surface area (Å²) in [5.41, 5.74) is 0.0578. The molecule has 0 aromatic heterocycles. The Balaban J connectivity index is 1.97. The van der Waals surface area contributed by atoms with Crippen LogP contribution in [0.1, 0.15) is 62.3 Å². The highest BCUT2D eigenvalue weighted by atomic mass is 19.3. The van der Waals surface area contributed by atoms with Gasteiger partial charge in [0, 0.05) is 23.6 Å². The van der Waals surface area contributed by atoms with Gasteiger partial charge in [-0.3, -0.25) is 0 Å². The van der Waals surface area contributed by atoms with Crippen molar-refractivity contribution < 1.29 is 27.4 Å². The first-order chi connectivity index (χ1) is 14.1. The van der Waals surface area contributed by atoms with E-state index in [1.165, 1.54) is 4.90 Å². The highest BCUT2D eigenvalue weighted by Gasteiger charge is 2.35. The molecule has 1 heterocycles. The summed E-state index contributed by atoms with van der Waals surface area (Å²) < 4.78 is 53.2. The van der Waals surface area contributed by atoms with Crippen molar-refractivity contribution in [3.63, 3.8) is 0 Å². The van der Waals surface area contributed by atoms with Crippen LogP contribution in [-0.4, -0.2) is 23.1 Å². The van der Waals surface area contributed by atoms with Gasteiger partial charge in [-0.25, -0.2) is 18.0 Å². The largest absolute Gasteiger partial charge is 0.489 e. The number of alkyl halides is 2. The molecular weight excluding hydrogens is 395 g/mol. The lowest BCUT2D eigenvalue weighted by molar-refractivity contribution is 0.0204. The third kappa shape index (κ3) is 4.89. The molecule has 3 rings (SSSR count). The number of carbonyl (C=O) groups excluding carboxylic acids is 1. The van der Waals surface area contributed by atoms with Gasteiger partial charge in [0.25, 0.3) is 6.43 Å². The van der Waals surface area contributed by atoms with Crippen molar-refractivity contribution in [1.29, 1.82) is 0 Å². The molecule has 0 aliphatic carbocycles. The maximum atomic E-state index is 14.9. The average molecular weight is 421 g/mol. The van der Waals surface area contributed by atoms with Crippen LogP contribution in [0, 0.1) is 5.82 Å². The van der Waals surface area contributed by atoms with E-state index in [1.807, 2.05) is 30.3 Å². The number of halogens is 3. The molecule has 4 nitrogen and oxygen atoms in total. The van der Waals surface area contributed by atoms with Crippen LogP contribution in [0.4, 0.5) is 18.0 Å². The summed E-state index contributed by atoms with van der Waals surface area (Å²) in [4.78, 5) is 14.0. The van der Waals surface area contributed by atoms with Crippen LogP contribution in [0.25, 0.3) is 0 Å². The molecule has 0 saturated heterocycles. The summed E-state index contributed by atoms with van der Waals surface area (Å²) >= 11 is 0. The third-order valence-corrected chi connectivity index (χ3v) is 4.86. The molecule has 0 saturated carbocycles. The Kier molecular flexibility index (Phi) is 6.29. The number of amides is 1. The van der Waals surface area contributed by atoms with Crippen molar-refractivity contribution in [3.8, 4) is 5.75 Å². The lowest BCUT2D eigenvalue weighted by Crippen LogP contribution is -2.41. The summed E-state index contributed by atoms with van der Waals surface area (Å²) in [5.74, 6) is -1.26. The van der Waals surface area contributed by atoms with Gasteiger partial charge in [-0.15, -0.1) is 0 Å². The summed E-state index contributed by atoms with van der Waals surface area (Å²) in [6.45, 7) is 7.32. The zero-order chi connectivity index (χ0) is 22.1. The Morgan fingerprint density at radius 1 is 1.23 bits per heavy atom. The molecule has 0 spiro atoms. The monoisotopic (exact) mass is 421 g/mol. The minimum atomic E-state index is -2.97. The van der Waals surface area contributed by atoms with Crippen LogP contribution in [0.2, 0.25) is 0 Å². The molecule has 0 N–H and O–H groups in total. The van der Waals surface area contributed by atoms with Crippen molar-refractivity contribution >= 4 is 6.09 Å². The van der Waals surface area contributed by atoms with Crippen LogP contribution in [0.5, 0.6) is 5.75 Å². The van der Waals surface area contributed by atoms with Gasteiger partial charge in [0.1, 0.15) is 23.8 Å². The first kappa shape index (κ1) is 22.0. The second kappa shape index (κ2) is 8.58. The molecule has 1 atom stereocenters. The van der Waals surface area contributed by atoms with Gasteiger partial charge < -0.3 is 14.4 Å². The highest BCUT2D eigenvalue weighted by molar-refractivity contribution is 5.69. The molecule has 2 aromatic carbocycles. The Morgan fingerprint density at radius 3 is 2.50 bits per heavy atom. The number of rotatable bonds is 4. The second-order valence-corrected chi connectivity index (χ2v) is 8.51. The van der Waals surface area contributed by atoms with E-state index in [-0.39, 0.29) is 31.0 Å². The van der Waals surface area contributed by atoms with E-state index < -0.39 is 35.4 Å². The van der Waals surface area contributed by atoms with Crippen LogP contribution in [0.3, 0.4) is 0 Å². The summed E-state index contributed by atoms with van der Waals surface area (Å²) in [6, 6.07) is 10.3. The van der Waals surface area contributed by atoms with Crippen molar-refractivity contribution in [2.24, 2.45) is 0 Å². The van der Waals surface area contributed by atoms with Crippen LogP contribution < -0.4 is 4.74 Å². The summed E-state index contributed by atoms with van der Waals surface area (Å²) in [6.07, 6.45) is -3.50. The van der Waals surface area contributed by atoms with Gasteiger partial charge in [0.15, 0.2) is 0 Å². The van der Waals surface area contributed by atoms with Gasteiger partial charge in [0.05, 0.1) is 12.1 Å². The fraction of sp³-hybridized carbons (Fsp3) is 0.435. The molecular formula is C23H26F3NO3. The topological polar surface area (TPSA) is 38.8 Å². The molecule has 7 heteroatoms. The molecule has 0 bridgehead atoms. The normalized spacial score (nSPS) is 16.4. The summed E-state index contributed by atoms with van der Waals surface area (Å²) in [7, 11) is 0. The zero-order valence-corrected chi connectivity index (χ0v) is 17.5. The van der Waals surface area contributed by atoms with Crippen molar-refractivity contribution in [3.05, 3.63) is 64.5 Å². The number of ether oxygens (including phenoxy) is 2. The molecule has 162 valence electrons. The van der Waals surface area contributed by atoms with Crippen LogP contribution in [-0.2, 0) is 17.9 Å². The highest BCUT2D eigenvalue weighted by Crippen LogP contribution is 2.41. The van der Waals surface area contributed by atoms with Crippen LogP contribution >= 0.6 is 0 Å². The average Bonchev–Trinajstić information content (AvgIpc) is 2.66.